The SMILES string of the molecule is CC(N)C(c1ccco1)N(CCO)CC(F)(F)F. The first-order chi connectivity index (χ1) is 8.35. The zero-order valence-corrected chi connectivity index (χ0v) is 10.0. The maximum atomic E-state index is 12.5. The van der Waals surface area contributed by atoms with Crippen LogP contribution in [0, 0.1) is 0 Å². The van der Waals surface area contributed by atoms with Crippen LogP contribution < -0.4 is 5.73 Å². The van der Waals surface area contributed by atoms with E-state index in [0.29, 0.717) is 5.76 Å². The molecule has 1 aromatic rings. The lowest BCUT2D eigenvalue weighted by atomic mass is 10.1. The van der Waals surface area contributed by atoms with E-state index in [1.54, 1.807) is 19.1 Å². The third-order valence-electron chi connectivity index (χ3n) is 2.50. The molecule has 0 saturated carbocycles. The highest BCUT2D eigenvalue weighted by molar-refractivity contribution is 5.07. The zero-order chi connectivity index (χ0) is 13.8. The van der Waals surface area contributed by atoms with Gasteiger partial charge in [-0.1, -0.05) is 0 Å². The van der Waals surface area contributed by atoms with E-state index in [9.17, 15) is 13.2 Å². The molecule has 0 spiro atoms. The Morgan fingerprint density at radius 1 is 1.50 bits per heavy atom. The molecule has 7 heteroatoms. The minimum absolute atomic E-state index is 0.119. The predicted molar refractivity (Wildman–Crippen MR) is 59.8 cm³/mol. The monoisotopic (exact) mass is 266 g/mol. The number of hydrogen-bond donors (Lipinski definition) is 2. The molecule has 3 N–H and O–H groups in total. The van der Waals surface area contributed by atoms with Crippen LogP contribution in [0.3, 0.4) is 0 Å². The molecule has 0 aliphatic heterocycles. The van der Waals surface area contributed by atoms with Crippen molar-refractivity contribution in [3.63, 3.8) is 0 Å². The van der Waals surface area contributed by atoms with Crippen molar-refractivity contribution in [2.24, 2.45) is 5.73 Å². The van der Waals surface area contributed by atoms with Crippen molar-refractivity contribution in [3.05, 3.63) is 24.2 Å². The number of rotatable bonds is 6. The van der Waals surface area contributed by atoms with Gasteiger partial charge < -0.3 is 15.3 Å². The van der Waals surface area contributed by atoms with E-state index in [2.05, 4.69) is 0 Å². The summed E-state index contributed by atoms with van der Waals surface area (Å²) in [5.74, 6) is 0.364. The van der Waals surface area contributed by atoms with Crippen LogP contribution in [0.4, 0.5) is 13.2 Å². The van der Waals surface area contributed by atoms with E-state index < -0.39 is 24.8 Å². The second kappa shape index (κ2) is 6.21. The molecule has 1 heterocycles. The molecule has 0 bridgehead atoms. The molecule has 0 saturated heterocycles. The van der Waals surface area contributed by atoms with Crippen molar-refractivity contribution >= 4 is 0 Å². The van der Waals surface area contributed by atoms with Crippen LogP contribution in [0.1, 0.15) is 18.7 Å². The van der Waals surface area contributed by atoms with Crippen LogP contribution in [0.15, 0.2) is 22.8 Å². The first-order valence-corrected chi connectivity index (χ1v) is 5.56. The van der Waals surface area contributed by atoms with E-state index >= 15 is 0 Å². The first kappa shape index (κ1) is 15.0. The lowest BCUT2D eigenvalue weighted by Gasteiger charge is -2.32. The summed E-state index contributed by atoms with van der Waals surface area (Å²) in [6.07, 6.45) is -2.97. The quantitative estimate of drug-likeness (QED) is 0.819. The number of aliphatic hydroxyl groups excluding tert-OH is 1. The van der Waals surface area contributed by atoms with Gasteiger partial charge in [0.2, 0.25) is 0 Å². The number of furan rings is 1. The average molecular weight is 266 g/mol. The number of nitrogens with two attached hydrogens (primary N) is 1. The molecule has 2 atom stereocenters. The van der Waals surface area contributed by atoms with E-state index in [1.165, 1.54) is 6.26 Å². The molecule has 0 aromatic carbocycles. The zero-order valence-electron chi connectivity index (χ0n) is 10.0. The van der Waals surface area contributed by atoms with Crippen molar-refractivity contribution in [3.8, 4) is 0 Å². The number of aliphatic hydroxyl groups is 1. The van der Waals surface area contributed by atoms with Gasteiger partial charge in [0, 0.05) is 12.6 Å². The van der Waals surface area contributed by atoms with Gasteiger partial charge in [0.1, 0.15) is 5.76 Å². The van der Waals surface area contributed by atoms with Gasteiger partial charge in [-0.15, -0.1) is 0 Å². The second-order valence-corrected chi connectivity index (χ2v) is 4.13. The lowest BCUT2D eigenvalue weighted by molar-refractivity contribution is -0.153. The molecule has 4 nitrogen and oxygen atoms in total. The fraction of sp³-hybridized carbons (Fsp3) is 0.636. The number of nitrogens with zero attached hydrogens (tertiary/aromatic N) is 1. The molecule has 0 aliphatic rings. The third-order valence-corrected chi connectivity index (χ3v) is 2.50. The highest BCUT2D eigenvalue weighted by atomic mass is 19.4. The fourth-order valence-electron chi connectivity index (χ4n) is 1.91. The minimum atomic E-state index is -4.35. The Morgan fingerprint density at radius 2 is 2.17 bits per heavy atom. The Morgan fingerprint density at radius 3 is 2.56 bits per heavy atom. The van der Waals surface area contributed by atoms with Gasteiger partial charge in [-0.2, -0.15) is 13.2 Å². The highest BCUT2D eigenvalue weighted by Gasteiger charge is 2.36. The van der Waals surface area contributed by atoms with Crippen molar-refractivity contribution in [2.45, 2.75) is 25.2 Å². The normalized spacial score (nSPS) is 15.9. The first-order valence-electron chi connectivity index (χ1n) is 5.56. The molecular formula is C11H17F3N2O2. The van der Waals surface area contributed by atoms with Crippen molar-refractivity contribution < 1.29 is 22.7 Å². The van der Waals surface area contributed by atoms with Gasteiger partial charge >= 0.3 is 6.18 Å². The third kappa shape index (κ3) is 4.32. The van der Waals surface area contributed by atoms with E-state index in [4.69, 9.17) is 15.3 Å². The summed E-state index contributed by atoms with van der Waals surface area (Å²) in [4.78, 5) is 1.07. The van der Waals surface area contributed by atoms with E-state index in [0.717, 1.165) is 4.90 Å². The molecule has 0 radical (unpaired) electrons. The van der Waals surface area contributed by atoms with Crippen molar-refractivity contribution in [2.75, 3.05) is 19.7 Å². The Hall–Kier alpha value is -1.05. The fourth-order valence-corrected chi connectivity index (χ4v) is 1.91. The topological polar surface area (TPSA) is 62.6 Å². The van der Waals surface area contributed by atoms with Crippen molar-refractivity contribution in [1.82, 2.24) is 4.90 Å². The Balaban J connectivity index is 2.92. The van der Waals surface area contributed by atoms with Crippen LogP contribution >= 0.6 is 0 Å². The Kier molecular flexibility index (Phi) is 5.18. The van der Waals surface area contributed by atoms with Crippen molar-refractivity contribution in [1.29, 1.82) is 0 Å². The summed E-state index contributed by atoms with van der Waals surface area (Å²) in [6.45, 7) is -0.0270. The van der Waals surface area contributed by atoms with Gasteiger partial charge in [0.25, 0.3) is 0 Å². The molecular weight excluding hydrogens is 249 g/mol. The van der Waals surface area contributed by atoms with Gasteiger partial charge in [0.15, 0.2) is 0 Å². The van der Waals surface area contributed by atoms with Gasteiger partial charge in [-0.05, 0) is 19.1 Å². The second-order valence-electron chi connectivity index (χ2n) is 4.13. The Labute approximate surface area is 103 Å². The van der Waals surface area contributed by atoms with Crippen LogP contribution in [0.5, 0.6) is 0 Å². The predicted octanol–water partition coefficient (Wildman–Crippen LogP) is 1.52. The minimum Gasteiger partial charge on any atom is -0.468 e. The number of hydrogen-bond acceptors (Lipinski definition) is 4. The molecule has 1 rings (SSSR count). The summed E-state index contributed by atoms with van der Waals surface area (Å²) >= 11 is 0. The van der Waals surface area contributed by atoms with Crippen LogP contribution in [0.25, 0.3) is 0 Å². The Bertz CT molecular complexity index is 339. The van der Waals surface area contributed by atoms with E-state index in [-0.39, 0.29) is 13.2 Å². The summed E-state index contributed by atoms with van der Waals surface area (Å²) in [5.41, 5.74) is 5.73. The van der Waals surface area contributed by atoms with Gasteiger partial charge in [-0.3, -0.25) is 4.90 Å². The maximum Gasteiger partial charge on any atom is 0.401 e. The smallest absolute Gasteiger partial charge is 0.401 e. The van der Waals surface area contributed by atoms with Gasteiger partial charge in [-0.25, -0.2) is 0 Å². The summed E-state index contributed by atoms with van der Waals surface area (Å²) in [7, 11) is 0. The summed E-state index contributed by atoms with van der Waals surface area (Å²) in [5, 5.41) is 8.88. The highest BCUT2D eigenvalue weighted by Crippen LogP contribution is 2.27. The molecule has 0 amide bonds. The largest absolute Gasteiger partial charge is 0.468 e. The molecule has 104 valence electrons. The maximum absolute atomic E-state index is 12.5. The number of alkyl halides is 3. The summed E-state index contributed by atoms with van der Waals surface area (Å²) < 4.78 is 42.6. The average Bonchev–Trinajstić information content (AvgIpc) is 2.68. The summed E-state index contributed by atoms with van der Waals surface area (Å²) in [6, 6.07) is 1.91. The molecule has 0 aliphatic carbocycles. The standard InChI is InChI=1S/C11H17F3N2O2/c1-8(15)10(9-3-2-6-18-9)16(4-5-17)7-11(12,13)14/h2-3,6,8,10,17H,4-5,7,15H2,1H3. The lowest BCUT2D eigenvalue weighted by Crippen LogP contribution is -2.45. The van der Waals surface area contributed by atoms with E-state index in [1.807, 2.05) is 0 Å². The molecule has 18 heavy (non-hydrogen) atoms. The van der Waals surface area contributed by atoms with Crippen LogP contribution in [0.2, 0.25) is 0 Å². The molecule has 1 aromatic heterocycles. The number of halogens is 3. The van der Waals surface area contributed by atoms with Gasteiger partial charge in [0.05, 0.1) is 25.5 Å². The van der Waals surface area contributed by atoms with Crippen LogP contribution in [-0.2, 0) is 0 Å². The molecule has 0 fully saturated rings. The van der Waals surface area contributed by atoms with Crippen LogP contribution in [-0.4, -0.2) is 41.9 Å². The molecule has 2 unspecified atom stereocenters.